The number of hydrogen-bond acceptors (Lipinski definition) is 7. The summed E-state index contributed by atoms with van der Waals surface area (Å²) in [6.45, 7) is 1.80. The number of ether oxygens (including phenoxy) is 2. The number of aromatic nitrogens is 2. The van der Waals surface area contributed by atoms with Crippen molar-refractivity contribution in [1.29, 1.82) is 0 Å². The van der Waals surface area contributed by atoms with E-state index < -0.39 is 5.82 Å². The van der Waals surface area contributed by atoms with E-state index in [-0.39, 0.29) is 17.2 Å². The van der Waals surface area contributed by atoms with Crippen molar-refractivity contribution in [3.63, 3.8) is 0 Å². The second kappa shape index (κ2) is 11.6. The molecule has 2 aromatic carbocycles. The first kappa shape index (κ1) is 25.0. The predicted octanol–water partition coefficient (Wildman–Crippen LogP) is 4.95. The standard InChI is InChI=1S/C26H28ClFN4O3/c1-32-9-3-4-19(32)6-7-20(33)12-17-13-21-24(15-25(17)35-11-10-34-2)29-16-30-26(21)31-18-5-8-23(28)22(27)14-18/h5-8,13-16,19H,3-4,9-12H2,1-2H3,(H,29,30,31)/b7-6+/t19-/m1/s1. The number of likely N-dealkylation sites (tertiary alicyclic amines) is 1. The average molecular weight is 499 g/mol. The minimum atomic E-state index is -0.500. The molecule has 1 fully saturated rings. The van der Waals surface area contributed by atoms with Crippen LogP contribution in [0.3, 0.4) is 0 Å². The molecular formula is C26H28ClFN4O3. The smallest absolute Gasteiger partial charge is 0.159 e. The fourth-order valence-corrected chi connectivity index (χ4v) is 4.27. The molecule has 1 aromatic heterocycles. The van der Waals surface area contributed by atoms with Crippen LogP contribution in [0, 0.1) is 5.82 Å². The summed E-state index contributed by atoms with van der Waals surface area (Å²) in [5, 5.41) is 3.88. The molecule has 9 heteroatoms. The zero-order valence-corrected chi connectivity index (χ0v) is 20.5. The van der Waals surface area contributed by atoms with Crippen LogP contribution in [-0.2, 0) is 16.0 Å². The number of fused-ring (bicyclic) bond motifs is 1. The summed E-state index contributed by atoms with van der Waals surface area (Å²) in [7, 11) is 3.67. The van der Waals surface area contributed by atoms with Crippen LogP contribution < -0.4 is 10.1 Å². The monoisotopic (exact) mass is 498 g/mol. The average Bonchev–Trinajstić information content (AvgIpc) is 3.25. The van der Waals surface area contributed by atoms with Crippen LogP contribution in [0.4, 0.5) is 15.9 Å². The molecule has 0 radical (unpaired) electrons. The zero-order chi connectivity index (χ0) is 24.8. The van der Waals surface area contributed by atoms with Crippen molar-refractivity contribution in [3.05, 3.63) is 65.2 Å². The first-order valence-corrected chi connectivity index (χ1v) is 11.8. The number of ketones is 1. The van der Waals surface area contributed by atoms with E-state index in [0.717, 1.165) is 24.9 Å². The van der Waals surface area contributed by atoms with Gasteiger partial charge in [-0.3, -0.25) is 9.69 Å². The third-order valence-corrected chi connectivity index (χ3v) is 6.28. The number of rotatable bonds is 10. The third-order valence-electron chi connectivity index (χ3n) is 5.99. The lowest BCUT2D eigenvalue weighted by molar-refractivity contribution is -0.114. The quantitative estimate of drug-likeness (QED) is 0.313. The Morgan fingerprint density at radius 2 is 2.14 bits per heavy atom. The van der Waals surface area contributed by atoms with Gasteiger partial charge >= 0.3 is 0 Å². The SMILES string of the molecule is COCCOc1cc2ncnc(Nc3ccc(F)c(Cl)c3)c2cc1CC(=O)/C=C/[C@H]1CCCN1C. The number of methoxy groups -OCH3 is 1. The number of carbonyl (C=O) groups is 1. The Bertz CT molecular complexity index is 1240. The number of halogens is 2. The Balaban J connectivity index is 1.64. The van der Waals surface area contributed by atoms with E-state index in [0.29, 0.717) is 47.4 Å². The maximum atomic E-state index is 13.6. The summed E-state index contributed by atoms with van der Waals surface area (Å²) in [5.41, 5.74) is 1.94. The van der Waals surface area contributed by atoms with Crippen LogP contribution in [0.1, 0.15) is 18.4 Å². The molecule has 3 aromatic rings. The van der Waals surface area contributed by atoms with E-state index in [2.05, 4.69) is 27.2 Å². The summed E-state index contributed by atoms with van der Waals surface area (Å²) in [6, 6.07) is 8.30. The molecule has 1 saturated heterocycles. The highest BCUT2D eigenvalue weighted by Gasteiger charge is 2.19. The molecule has 0 spiro atoms. The Labute approximate surface area is 208 Å². The molecule has 1 aliphatic heterocycles. The molecular weight excluding hydrogens is 471 g/mol. The summed E-state index contributed by atoms with van der Waals surface area (Å²) >= 11 is 5.93. The largest absolute Gasteiger partial charge is 0.491 e. The van der Waals surface area contributed by atoms with E-state index in [9.17, 15) is 9.18 Å². The van der Waals surface area contributed by atoms with Gasteiger partial charge in [-0.2, -0.15) is 0 Å². The molecule has 0 aliphatic carbocycles. The van der Waals surface area contributed by atoms with Gasteiger partial charge in [0.05, 0.1) is 17.1 Å². The minimum absolute atomic E-state index is 0.00757. The second-order valence-corrected chi connectivity index (χ2v) is 8.89. The number of anilines is 2. The van der Waals surface area contributed by atoms with Crippen molar-refractivity contribution in [3.8, 4) is 5.75 Å². The van der Waals surface area contributed by atoms with Gasteiger partial charge in [-0.15, -0.1) is 0 Å². The van der Waals surface area contributed by atoms with Crippen LogP contribution in [0.25, 0.3) is 10.9 Å². The number of likely N-dealkylation sites (N-methyl/N-ethyl adjacent to an activating group) is 1. The van der Waals surface area contributed by atoms with Gasteiger partial charge in [0.25, 0.3) is 0 Å². The van der Waals surface area contributed by atoms with Crippen LogP contribution in [-0.4, -0.2) is 60.6 Å². The van der Waals surface area contributed by atoms with E-state index in [1.54, 1.807) is 25.3 Å². The van der Waals surface area contributed by atoms with Gasteiger partial charge in [0, 0.05) is 42.3 Å². The first-order valence-electron chi connectivity index (χ1n) is 11.5. The van der Waals surface area contributed by atoms with Gasteiger partial charge in [-0.1, -0.05) is 17.7 Å². The number of hydrogen-bond donors (Lipinski definition) is 1. The van der Waals surface area contributed by atoms with Gasteiger partial charge in [-0.05, 0) is 56.8 Å². The molecule has 35 heavy (non-hydrogen) atoms. The number of carbonyl (C=O) groups excluding carboxylic acids is 1. The lowest BCUT2D eigenvalue weighted by Crippen LogP contribution is -2.22. The molecule has 4 rings (SSSR count). The van der Waals surface area contributed by atoms with E-state index in [1.165, 1.54) is 18.5 Å². The Kier molecular flexibility index (Phi) is 8.28. The Morgan fingerprint density at radius 1 is 1.29 bits per heavy atom. The van der Waals surface area contributed by atoms with Crippen LogP contribution >= 0.6 is 11.6 Å². The van der Waals surface area contributed by atoms with Gasteiger partial charge in [0.1, 0.15) is 30.3 Å². The second-order valence-electron chi connectivity index (χ2n) is 8.49. The molecule has 0 amide bonds. The molecule has 7 nitrogen and oxygen atoms in total. The van der Waals surface area contributed by atoms with Crippen molar-refractivity contribution >= 4 is 39.8 Å². The third kappa shape index (κ3) is 6.33. The maximum absolute atomic E-state index is 13.6. The fourth-order valence-electron chi connectivity index (χ4n) is 4.09. The molecule has 0 unspecified atom stereocenters. The molecule has 0 bridgehead atoms. The molecule has 1 atom stereocenters. The molecule has 1 N–H and O–H groups in total. The van der Waals surface area contributed by atoms with Crippen molar-refractivity contribution in [2.45, 2.75) is 25.3 Å². The van der Waals surface area contributed by atoms with Gasteiger partial charge < -0.3 is 14.8 Å². The maximum Gasteiger partial charge on any atom is 0.159 e. The normalized spacial score (nSPS) is 16.3. The Hall–Kier alpha value is -3.07. The van der Waals surface area contributed by atoms with Gasteiger partial charge in [0.2, 0.25) is 0 Å². The van der Waals surface area contributed by atoms with Crippen LogP contribution in [0.5, 0.6) is 5.75 Å². The highest BCUT2D eigenvalue weighted by molar-refractivity contribution is 6.31. The predicted molar refractivity (Wildman–Crippen MR) is 135 cm³/mol. The van der Waals surface area contributed by atoms with Crippen molar-refractivity contribution in [2.75, 3.05) is 39.2 Å². The van der Waals surface area contributed by atoms with E-state index in [1.807, 2.05) is 12.1 Å². The lowest BCUT2D eigenvalue weighted by Gasteiger charge is -2.15. The van der Waals surface area contributed by atoms with Crippen LogP contribution in [0.15, 0.2) is 48.8 Å². The lowest BCUT2D eigenvalue weighted by atomic mass is 10.0. The highest BCUT2D eigenvalue weighted by Crippen LogP contribution is 2.31. The number of nitrogens with one attached hydrogen (secondary N) is 1. The highest BCUT2D eigenvalue weighted by atomic mass is 35.5. The number of benzene rings is 2. The molecule has 184 valence electrons. The summed E-state index contributed by atoms with van der Waals surface area (Å²) < 4.78 is 24.6. The van der Waals surface area contributed by atoms with Crippen molar-refractivity contribution in [2.24, 2.45) is 0 Å². The fraction of sp³-hybridized carbons (Fsp3) is 0.346. The van der Waals surface area contributed by atoms with Gasteiger partial charge in [-0.25, -0.2) is 14.4 Å². The van der Waals surface area contributed by atoms with Crippen molar-refractivity contribution < 1.29 is 18.7 Å². The molecule has 2 heterocycles. The first-order chi connectivity index (χ1) is 16.9. The van der Waals surface area contributed by atoms with Gasteiger partial charge in [0.15, 0.2) is 5.78 Å². The molecule has 0 saturated carbocycles. The Morgan fingerprint density at radius 3 is 2.89 bits per heavy atom. The van der Waals surface area contributed by atoms with Crippen LogP contribution in [0.2, 0.25) is 5.02 Å². The summed E-state index contributed by atoms with van der Waals surface area (Å²) in [4.78, 5) is 23.8. The minimum Gasteiger partial charge on any atom is -0.491 e. The zero-order valence-electron chi connectivity index (χ0n) is 19.8. The van der Waals surface area contributed by atoms with Crippen molar-refractivity contribution in [1.82, 2.24) is 14.9 Å². The van der Waals surface area contributed by atoms with E-state index in [4.69, 9.17) is 21.1 Å². The number of nitrogens with zero attached hydrogens (tertiary/aromatic N) is 3. The summed E-state index contributed by atoms with van der Waals surface area (Å²) in [6.07, 6.45) is 7.44. The number of allylic oxidation sites excluding steroid dienone is 1. The topological polar surface area (TPSA) is 76.6 Å². The molecule has 1 aliphatic rings. The van der Waals surface area contributed by atoms with E-state index >= 15 is 0 Å². The summed E-state index contributed by atoms with van der Waals surface area (Å²) in [5.74, 6) is 0.569.